The lowest BCUT2D eigenvalue weighted by Crippen LogP contribution is -2.53. The van der Waals surface area contributed by atoms with Gasteiger partial charge in [0, 0.05) is 17.8 Å². The van der Waals surface area contributed by atoms with E-state index >= 15 is 0 Å². The number of benzene rings is 2. The minimum atomic E-state index is -0.623. The van der Waals surface area contributed by atoms with Crippen LogP contribution in [0.2, 0.25) is 10.0 Å². The maximum absolute atomic E-state index is 13.2. The minimum Gasteiger partial charge on any atom is -0.350 e. The second kappa shape index (κ2) is 11.9. The number of amides is 2. The molecule has 0 bridgehead atoms. The van der Waals surface area contributed by atoms with Gasteiger partial charge < -0.3 is 10.2 Å². The average molecular weight is 499 g/mol. The molecule has 0 aromatic heterocycles. The molecule has 8 heteroatoms. The molecule has 0 spiro atoms. The Kier molecular flexibility index (Phi) is 9.86. The number of carbonyl (C=O) groups is 2. The molecule has 2 aromatic carbocycles. The first kappa shape index (κ1) is 26.5. The Morgan fingerprint density at radius 1 is 1.06 bits per heavy atom. The number of carbonyl (C=O) groups excluding carboxylic acids is 2. The van der Waals surface area contributed by atoms with E-state index in [0.29, 0.717) is 22.2 Å². The molecule has 0 saturated heterocycles. The summed E-state index contributed by atoms with van der Waals surface area (Å²) in [6.45, 7) is 7.83. The Morgan fingerprint density at radius 3 is 2.25 bits per heavy atom. The van der Waals surface area contributed by atoms with E-state index < -0.39 is 11.6 Å². The zero-order chi connectivity index (χ0) is 23.9. The van der Waals surface area contributed by atoms with Crippen molar-refractivity contribution in [3.8, 4) is 0 Å². The molecule has 1 N–H and O–H groups in total. The molecule has 174 valence electrons. The SMILES string of the molecule is CC[C@@H](C(=O)NC(C)(C)C)N(Cc1ccc(Cl)c(Cl)c1)C(=O)CSCc1ccc(F)cc1. The Hall–Kier alpha value is -1.76. The van der Waals surface area contributed by atoms with E-state index in [1.807, 2.05) is 27.7 Å². The highest BCUT2D eigenvalue weighted by Gasteiger charge is 2.30. The number of thioether (sulfide) groups is 1. The van der Waals surface area contributed by atoms with Crippen molar-refractivity contribution < 1.29 is 14.0 Å². The van der Waals surface area contributed by atoms with Gasteiger partial charge in [-0.25, -0.2) is 4.39 Å². The molecule has 1 atom stereocenters. The standard InChI is InChI=1S/C24H29Cl2FN2O2S/c1-5-21(23(31)28-24(2,3)4)29(13-17-8-11-19(25)20(26)12-17)22(30)15-32-14-16-6-9-18(27)10-7-16/h6-12,21H,5,13-15H2,1-4H3,(H,28,31)/t21-/m0/s1. The van der Waals surface area contributed by atoms with E-state index in [1.54, 1.807) is 35.2 Å². The van der Waals surface area contributed by atoms with Crippen molar-refractivity contribution >= 4 is 46.8 Å². The molecule has 0 aliphatic rings. The van der Waals surface area contributed by atoms with Gasteiger partial charge in [0.2, 0.25) is 11.8 Å². The molecule has 2 aromatic rings. The molecular weight excluding hydrogens is 470 g/mol. The largest absolute Gasteiger partial charge is 0.350 e. The van der Waals surface area contributed by atoms with Gasteiger partial charge in [0.1, 0.15) is 11.9 Å². The number of nitrogens with zero attached hydrogens (tertiary/aromatic N) is 1. The summed E-state index contributed by atoms with van der Waals surface area (Å²) < 4.78 is 13.1. The van der Waals surface area contributed by atoms with Crippen LogP contribution in [0, 0.1) is 5.82 Å². The van der Waals surface area contributed by atoms with E-state index in [4.69, 9.17) is 23.2 Å². The van der Waals surface area contributed by atoms with Gasteiger partial charge in [-0.15, -0.1) is 11.8 Å². The molecule has 0 fully saturated rings. The van der Waals surface area contributed by atoms with Crippen molar-refractivity contribution in [1.29, 1.82) is 0 Å². The van der Waals surface area contributed by atoms with Crippen LogP contribution in [0.4, 0.5) is 4.39 Å². The quantitative estimate of drug-likeness (QED) is 0.455. The molecule has 2 amide bonds. The summed E-state index contributed by atoms with van der Waals surface area (Å²) in [6.07, 6.45) is 0.470. The average Bonchev–Trinajstić information content (AvgIpc) is 2.70. The van der Waals surface area contributed by atoms with Gasteiger partial charge in [-0.2, -0.15) is 0 Å². The summed E-state index contributed by atoms with van der Waals surface area (Å²) in [5, 5.41) is 3.81. The van der Waals surface area contributed by atoms with Gasteiger partial charge in [0.15, 0.2) is 0 Å². The highest BCUT2D eigenvalue weighted by Crippen LogP contribution is 2.25. The topological polar surface area (TPSA) is 49.4 Å². The Labute approximate surface area is 203 Å². The maximum atomic E-state index is 13.2. The summed E-state index contributed by atoms with van der Waals surface area (Å²) in [5.74, 6) is 0.115. The first-order chi connectivity index (χ1) is 15.0. The van der Waals surface area contributed by atoms with E-state index in [9.17, 15) is 14.0 Å². The number of rotatable bonds is 9. The second-order valence-corrected chi connectivity index (χ2v) is 10.4. The predicted octanol–water partition coefficient (Wildman–Crippen LogP) is 6.09. The van der Waals surface area contributed by atoms with Crippen molar-refractivity contribution in [1.82, 2.24) is 10.2 Å². The minimum absolute atomic E-state index is 0.154. The van der Waals surface area contributed by atoms with Gasteiger partial charge in [0.05, 0.1) is 15.8 Å². The van der Waals surface area contributed by atoms with Crippen LogP contribution in [0.5, 0.6) is 0 Å². The molecule has 0 aliphatic heterocycles. The number of nitrogens with one attached hydrogen (secondary N) is 1. The molecular formula is C24H29Cl2FN2O2S. The normalized spacial score (nSPS) is 12.3. The summed E-state index contributed by atoms with van der Waals surface area (Å²) in [6, 6.07) is 10.8. The van der Waals surface area contributed by atoms with E-state index in [1.165, 1.54) is 23.9 Å². The van der Waals surface area contributed by atoms with Crippen LogP contribution in [0.3, 0.4) is 0 Å². The lowest BCUT2D eigenvalue weighted by Gasteiger charge is -2.33. The van der Waals surface area contributed by atoms with Gasteiger partial charge >= 0.3 is 0 Å². The number of halogens is 3. The van der Waals surface area contributed by atoms with Gasteiger partial charge in [-0.1, -0.05) is 48.3 Å². The lowest BCUT2D eigenvalue weighted by atomic mass is 10.1. The van der Waals surface area contributed by atoms with E-state index in [0.717, 1.165) is 11.1 Å². The van der Waals surface area contributed by atoms with Crippen molar-refractivity contribution in [3.63, 3.8) is 0 Å². The first-order valence-corrected chi connectivity index (χ1v) is 12.3. The first-order valence-electron chi connectivity index (χ1n) is 10.4. The summed E-state index contributed by atoms with van der Waals surface area (Å²) in [5.41, 5.74) is 1.30. The highest BCUT2D eigenvalue weighted by molar-refractivity contribution is 7.99. The van der Waals surface area contributed by atoms with Crippen LogP contribution < -0.4 is 5.32 Å². The van der Waals surface area contributed by atoms with Gasteiger partial charge in [-0.3, -0.25) is 9.59 Å². The number of hydrogen-bond acceptors (Lipinski definition) is 3. The lowest BCUT2D eigenvalue weighted by molar-refractivity contribution is -0.140. The van der Waals surface area contributed by atoms with E-state index in [-0.39, 0.29) is 29.9 Å². The van der Waals surface area contributed by atoms with Crippen molar-refractivity contribution in [2.75, 3.05) is 5.75 Å². The maximum Gasteiger partial charge on any atom is 0.243 e. The Balaban J connectivity index is 2.18. The Bertz CT molecular complexity index is 933. The van der Waals surface area contributed by atoms with Crippen LogP contribution in [-0.2, 0) is 21.9 Å². The molecule has 0 radical (unpaired) electrons. The predicted molar refractivity (Wildman–Crippen MR) is 132 cm³/mol. The smallest absolute Gasteiger partial charge is 0.243 e. The molecule has 0 heterocycles. The third-order valence-electron chi connectivity index (χ3n) is 4.63. The third-order valence-corrected chi connectivity index (χ3v) is 6.36. The van der Waals surface area contributed by atoms with E-state index in [2.05, 4.69) is 5.32 Å². The van der Waals surface area contributed by atoms with Crippen LogP contribution in [0.25, 0.3) is 0 Å². The van der Waals surface area contributed by atoms with Crippen LogP contribution in [-0.4, -0.2) is 34.0 Å². The van der Waals surface area contributed by atoms with Gasteiger partial charge in [0.25, 0.3) is 0 Å². The summed E-state index contributed by atoms with van der Waals surface area (Å²) >= 11 is 13.6. The molecule has 0 unspecified atom stereocenters. The Morgan fingerprint density at radius 2 is 1.69 bits per heavy atom. The number of hydrogen-bond donors (Lipinski definition) is 1. The fraction of sp³-hybridized carbons (Fsp3) is 0.417. The zero-order valence-electron chi connectivity index (χ0n) is 18.8. The fourth-order valence-electron chi connectivity index (χ4n) is 3.13. The van der Waals surface area contributed by atoms with Crippen molar-refractivity contribution in [2.24, 2.45) is 0 Å². The second-order valence-electron chi connectivity index (χ2n) is 8.55. The highest BCUT2D eigenvalue weighted by atomic mass is 35.5. The molecule has 2 rings (SSSR count). The summed E-state index contributed by atoms with van der Waals surface area (Å²) in [4.78, 5) is 27.8. The third kappa shape index (κ3) is 8.30. The van der Waals surface area contributed by atoms with Crippen molar-refractivity contribution in [2.45, 2.75) is 58.0 Å². The van der Waals surface area contributed by atoms with Crippen molar-refractivity contribution in [3.05, 3.63) is 69.5 Å². The van der Waals surface area contributed by atoms with Crippen LogP contribution in [0.15, 0.2) is 42.5 Å². The van der Waals surface area contributed by atoms with Gasteiger partial charge in [-0.05, 0) is 62.6 Å². The zero-order valence-corrected chi connectivity index (χ0v) is 21.1. The van der Waals surface area contributed by atoms with Crippen LogP contribution >= 0.6 is 35.0 Å². The summed E-state index contributed by atoms with van der Waals surface area (Å²) in [7, 11) is 0. The fourth-order valence-corrected chi connectivity index (χ4v) is 4.32. The molecule has 0 aliphatic carbocycles. The van der Waals surface area contributed by atoms with Crippen LogP contribution in [0.1, 0.15) is 45.2 Å². The monoisotopic (exact) mass is 498 g/mol. The molecule has 4 nitrogen and oxygen atoms in total. The molecule has 0 saturated carbocycles. The molecule has 32 heavy (non-hydrogen) atoms.